The van der Waals surface area contributed by atoms with E-state index in [9.17, 15) is 4.79 Å². The summed E-state index contributed by atoms with van der Waals surface area (Å²) < 4.78 is 11.2. The molecule has 1 amide bonds. The number of likely N-dealkylation sites (tertiary alicyclic amines) is 1. The Morgan fingerprint density at radius 2 is 1.72 bits per heavy atom. The number of hydrogen-bond acceptors (Lipinski definition) is 5. The van der Waals surface area contributed by atoms with Gasteiger partial charge in [0.05, 0.1) is 0 Å². The zero-order valence-corrected chi connectivity index (χ0v) is 17.6. The summed E-state index contributed by atoms with van der Waals surface area (Å²) in [6, 6.07) is 0. The van der Waals surface area contributed by atoms with E-state index in [2.05, 4.69) is 10.1 Å². The van der Waals surface area contributed by atoms with Gasteiger partial charge in [-0.2, -0.15) is 4.98 Å². The van der Waals surface area contributed by atoms with Crippen molar-refractivity contribution < 1.29 is 14.1 Å². The smallest absolute Gasteiger partial charge is 0.229 e. The summed E-state index contributed by atoms with van der Waals surface area (Å²) in [5, 5.41) is 4.50. The highest BCUT2D eigenvalue weighted by Gasteiger charge is 2.45. The molecule has 2 aliphatic heterocycles. The van der Waals surface area contributed by atoms with Gasteiger partial charge in [-0.1, -0.05) is 37.3 Å². The van der Waals surface area contributed by atoms with E-state index in [1.807, 2.05) is 0 Å². The summed E-state index contributed by atoms with van der Waals surface area (Å²) in [5.41, 5.74) is -0.00255. The van der Waals surface area contributed by atoms with Gasteiger partial charge >= 0.3 is 0 Å². The zero-order chi connectivity index (χ0) is 19.7. The van der Waals surface area contributed by atoms with Gasteiger partial charge in [-0.05, 0) is 50.9 Å². The minimum atomic E-state index is -0.00255. The molecule has 2 saturated heterocycles. The number of rotatable bonds is 5. The Labute approximate surface area is 173 Å². The van der Waals surface area contributed by atoms with Gasteiger partial charge in [-0.3, -0.25) is 4.79 Å². The maximum absolute atomic E-state index is 13.0. The van der Waals surface area contributed by atoms with E-state index in [1.54, 1.807) is 0 Å². The molecule has 0 unspecified atom stereocenters. The highest BCUT2D eigenvalue weighted by Crippen LogP contribution is 2.47. The van der Waals surface area contributed by atoms with Crippen molar-refractivity contribution in [2.75, 3.05) is 26.3 Å². The first-order valence-corrected chi connectivity index (χ1v) is 11.9. The molecule has 6 heteroatoms. The highest BCUT2D eigenvalue weighted by atomic mass is 16.5. The van der Waals surface area contributed by atoms with Crippen LogP contribution in [0.25, 0.3) is 0 Å². The van der Waals surface area contributed by atoms with E-state index in [4.69, 9.17) is 14.2 Å². The van der Waals surface area contributed by atoms with Gasteiger partial charge < -0.3 is 14.2 Å². The van der Waals surface area contributed by atoms with Crippen molar-refractivity contribution in [2.24, 2.45) is 11.8 Å². The number of carbonyl (C=O) groups is 1. The second-order valence-electron chi connectivity index (χ2n) is 9.93. The summed E-state index contributed by atoms with van der Waals surface area (Å²) in [4.78, 5) is 20.1. The third-order valence-electron chi connectivity index (χ3n) is 7.85. The largest absolute Gasteiger partial charge is 0.381 e. The van der Waals surface area contributed by atoms with Crippen LogP contribution in [0.4, 0.5) is 0 Å². The van der Waals surface area contributed by atoms with E-state index in [0.717, 1.165) is 88.9 Å². The Balaban J connectivity index is 1.28. The lowest BCUT2D eigenvalue weighted by Crippen LogP contribution is -2.48. The van der Waals surface area contributed by atoms with Crippen molar-refractivity contribution in [3.8, 4) is 0 Å². The summed E-state index contributed by atoms with van der Waals surface area (Å²) in [5.74, 6) is 3.54. The molecule has 1 aromatic heterocycles. The minimum Gasteiger partial charge on any atom is -0.381 e. The molecule has 3 heterocycles. The second-order valence-corrected chi connectivity index (χ2v) is 9.93. The fourth-order valence-corrected chi connectivity index (χ4v) is 5.72. The van der Waals surface area contributed by atoms with Crippen LogP contribution in [0, 0.1) is 11.8 Å². The Hall–Kier alpha value is -1.43. The van der Waals surface area contributed by atoms with Crippen LogP contribution in [0.5, 0.6) is 0 Å². The molecule has 0 spiro atoms. The fourth-order valence-electron chi connectivity index (χ4n) is 5.72. The number of nitrogens with zero attached hydrogens (tertiary/aromatic N) is 3. The molecule has 4 fully saturated rings. The summed E-state index contributed by atoms with van der Waals surface area (Å²) in [7, 11) is 0. The normalized spacial score (nSPS) is 26.6. The molecule has 6 nitrogen and oxygen atoms in total. The molecule has 0 N–H and O–H groups in total. The molecule has 1 aromatic rings. The third kappa shape index (κ3) is 4.23. The SMILES string of the molecule is O=C(C1CCCCC1)N1CCC(CC2CC2)(c2noc(C3CCOCC3)n2)CC1. The van der Waals surface area contributed by atoms with Crippen molar-refractivity contribution in [1.29, 1.82) is 0 Å². The van der Waals surface area contributed by atoms with Crippen molar-refractivity contribution in [1.82, 2.24) is 15.0 Å². The molecule has 5 rings (SSSR count). The summed E-state index contributed by atoms with van der Waals surface area (Å²) in [6.07, 6.45) is 13.6. The van der Waals surface area contributed by atoms with E-state index in [1.165, 1.54) is 32.1 Å². The van der Waals surface area contributed by atoms with Crippen molar-refractivity contribution in [3.05, 3.63) is 11.7 Å². The van der Waals surface area contributed by atoms with Gasteiger partial charge in [0.15, 0.2) is 5.82 Å². The first-order chi connectivity index (χ1) is 14.2. The molecule has 0 atom stereocenters. The minimum absolute atomic E-state index is 0.00255. The molecule has 160 valence electrons. The van der Waals surface area contributed by atoms with Crippen molar-refractivity contribution in [3.63, 3.8) is 0 Å². The lowest BCUT2D eigenvalue weighted by Gasteiger charge is -2.41. The molecule has 0 aromatic carbocycles. The van der Waals surface area contributed by atoms with Gasteiger partial charge in [0, 0.05) is 43.6 Å². The quantitative estimate of drug-likeness (QED) is 0.739. The Kier molecular flexibility index (Phi) is 5.63. The Bertz CT molecular complexity index is 694. The molecule has 2 aliphatic carbocycles. The van der Waals surface area contributed by atoms with Gasteiger partial charge in [-0.15, -0.1) is 0 Å². The number of aromatic nitrogens is 2. The Morgan fingerprint density at radius 1 is 1.00 bits per heavy atom. The van der Waals surface area contributed by atoms with E-state index >= 15 is 0 Å². The van der Waals surface area contributed by atoms with Crippen LogP contribution in [-0.2, 0) is 14.9 Å². The van der Waals surface area contributed by atoms with Gasteiger partial charge in [-0.25, -0.2) is 0 Å². The van der Waals surface area contributed by atoms with Gasteiger partial charge in [0.1, 0.15) is 0 Å². The topological polar surface area (TPSA) is 68.5 Å². The standard InChI is InChI=1S/C23H35N3O3/c27-21(19-4-2-1-3-5-19)26-12-10-23(11-13-26,16-17-6-7-17)22-24-20(29-25-22)18-8-14-28-15-9-18/h17-19H,1-16H2. The molecular formula is C23H35N3O3. The average molecular weight is 402 g/mol. The monoisotopic (exact) mass is 401 g/mol. The fraction of sp³-hybridized carbons (Fsp3) is 0.870. The number of amides is 1. The summed E-state index contributed by atoms with van der Waals surface area (Å²) in [6.45, 7) is 3.27. The van der Waals surface area contributed by atoms with Crippen LogP contribution < -0.4 is 0 Å². The molecule has 2 saturated carbocycles. The first-order valence-electron chi connectivity index (χ1n) is 11.9. The van der Waals surface area contributed by atoms with Crippen LogP contribution in [0.3, 0.4) is 0 Å². The predicted octanol–water partition coefficient (Wildman–Crippen LogP) is 4.20. The zero-order valence-electron chi connectivity index (χ0n) is 17.6. The average Bonchev–Trinajstić information content (AvgIpc) is 3.45. The molecular weight excluding hydrogens is 366 g/mol. The number of carbonyl (C=O) groups excluding carboxylic acids is 1. The van der Waals surface area contributed by atoms with Crippen LogP contribution in [0.1, 0.15) is 94.7 Å². The second kappa shape index (κ2) is 8.37. The highest BCUT2D eigenvalue weighted by molar-refractivity contribution is 5.79. The number of ether oxygens (including phenoxy) is 1. The van der Waals surface area contributed by atoms with Crippen LogP contribution in [0.15, 0.2) is 4.52 Å². The molecule has 4 aliphatic rings. The van der Waals surface area contributed by atoms with E-state index in [-0.39, 0.29) is 11.3 Å². The maximum Gasteiger partial charge on any atom is 0.229 e. The van der Waals surface area contributed by atoms with Gasteiger partial charge in [0.25, 0.3) is 0 Å². The van der Waals surface area contributed by atoms with E-state index in [0.29, 0.717) is 11.8 Å². The van der Waals surface area contributed by atoms with Crippen LogP contribution >= 0.6 is 0 Å². The lowest BCUT2D eigenvalue weighted by atomic mass is 9.73. The molecule has 0 bridgehead atoms. The van der Waals surface area contributed by atoms with E-state index < -0.39 is 0 Å². The van der Waals surface area contributed by atoms with Crippen molar-refractivity contribution in [2.45, 2.75) is 88.4 Å². The lowest BCUT2D eigenvalue weighted by molar-refractivity contribution is -0.138. The van der Waals surface area contributed by atoms with Crippen LogP contribution in [0.2, 0.25) is 0 Å². The van der Waals surface area contributed by atoms with Crippen LogP contribution in [-0.4, -0.2) is 47.3 Å². The number of piperidine rings is 1. The molecule has 29 heavy (non-hydrogen) atoms. The maximum atomic E-state index is 13.0. The Morgan fingerprint density at radius 3 is 2.41 bits per heavy atom. The molecule has 0 radical (unpaired) electrons. The predicted molar refractivity (Wildman–Crippen MR) is 109 cm³/mol. The summed E-state index contributed by atoms with van der Waals surface area (Å²) >= 11 is 0. The first kappa shape index (κ1) is 19.5. The van der Waals surface area contributed by atoms with Crippen molar-refractivity contribution >= 4 is 5.91 Å². The van der Waals surface area contributed by atoms with Gasteiger partial charge in [0.2, 0.25) is 11.8 Å². The third-order valence-corrected chi connectivity index (χ3v) is 7.85. The number of hydrogen-bond donors (Lipinski definition) is 0.